The number of hydrogen-bond donors (Lipinski definition) is 0. The Bertz CT molecular complexity index is 946. The average Bonchev–Trinajstić information content (AvgIpc) is 2.94. The summed E-state index contributed by atoms with van der Waals surface area (Å²) in [5, 5.41) is -0.0871. The Labute approximate surface area is 182 Å². The summed E-state index contributed by atoms with van der Waals surface area (Å²) in [6.07, 6.45) is 0. The zero-order chi connectivity index (χ0) is 21.8. The van der Waals surface area contributed by atoms with Crippen molar-refractivity contribution in [3.63, 3.8) is 0 Å². The molecule has 0 N–H and O–H groups in total. The minimum atomic E-state index is -0.535. The van der Waals surface area contributed by atoms with Gasteiger partial charge >= 0.3 is 0 Å². The van der Waals surface area contributed by atoms with Crippen molar-refractivity contribution in [2.24, 2.45) is 11.8 Å². The maximum Gasteiger partial charge on any atom is 0.277 e. The van der Waals surface area contributed by atoms with Gasteiger partial charge in [0.05, 0.1) is 24.5 Å². The van der Waals surface area contributed by atoms with Gasteiger partial charge in [0.1, 0.15) is 16.5 Å². The summed E-state index contributed by atoms with van der Waals surface area (Å²) in [4.78, 5) is 26.8. The predicted molar refractivity (Wildman–Crippen MR) is 119 cm³/mol. The Hall–Kier alpha value is -2.79. The van der Waals surface area contributed by atoms with Gasteiger partial charge in [-0.05, 0) is 53.8 Å². The fourth-order valence-electron chi connectivity index (χ4n) is 2.92. The molecule has 0 fully saturated rings. The third kappa shape index (κ3) is 4.85. The van der Waals surface area contributed by atoms with E-state index in [1.165, 1.54) is 0 Å². The lowest BCUT2D eigenvalue weighted by molar-refractivity contribution is -0.119. The molecule has 2 amide bonds. The molecule has 1 aliphatic rings. The molecule has 0 unspecified atom stereocenters. The number of carbonyl (C=O) groups excluding carboxylic acids is 2. The van der Waals surface area contributed by atoms with E-state index in [1.54, 1.807) is 48.5 Å². The van der Waals surface area contributed by atoms with Crippen LogP contribution in [-0.2, 0) is 9.59 Å². The molecule has 2 aromatic rings. The summed E-state index contributed by atoms with van der Waals surface area (Å²) in [5.41, 5.74) is 1.22. The van der Waals surface area contributed by atoms with Crippen LogP contribution in [0.25, 0.3) is 5.57 Å². The standard InChI is InChI=1S/C24H26ClNO4/c1-15(2)13-29-19-9-5-17(6-10-19)21-22(25)24(28)26(23(21)27)18-7-11-20(12-8-18)30-14-16(3)4/h5-12,15-16H,13-14H2,1-4H3. The first-order chi connectivity index (χ1) is 14.3. The lowest BCUT2D eigenvalue weighted by Gasteiger charge is -2.16. The zero-order valence-electron chi connectivity index (χ0n) is 17.6. The van der Waals surface area contributed by atoms with Gasteiger partial charge in [-0.15, -0.1) is 0 Å². The van der Waals surface area contributed by atoms with Crippen molar-refractivity contribution in [3.05, 3.63) is 59.1 Å². The maximum atomic E-state index is 13.0. The quantitative estimate of drug-likeness (QED) is 0.538. The highest BCUT2D eigenvalue weighted by Gasteiger charge is 2.39. The summed E-state index contributed by atoms with van der Waals surface area (Å²) in [6, 6.07) is 13.9. The van der Waals surface area contributed by atoms with Gasteiger partial charge in [0.2, 0.25) is 0 Å². The molecule has 30 heavy (non-hydrogen) atoms. The second-order valence-corrected chi connectivity index (χ2v) is 8.44. The van der Waals surface area contributed by atoms with Crippen LogP contribution in [0.1, 0.15) is 33.3 Å². The van der Waals surface area contributed by atoms with Gasteiger partial charge in [-0.2, -0.15) is 0 Å². The Morgan fingerprint density at radius 1 is 0.767 bits per heavy atom. The maximum absolute atomic E-state index is 13.0. The van der Waals surface area contributed by atoms with Gasteiger partial charge < -0.3 is 9.47 Å². The lowest BCUT2D eigenvalue weighted by atomic mass is 10.1. The predicted octanol–water partition coefficient (Wildman–Crippen LogP) is 5.28. The summed E-state index contributed by atoms with van der Waals surface area (Å²) in [5.74, 6) is 1.22. The number of rotatable bonds is 8. The smallest absolute Gasteiger partial charge is 0.277 e. The normalized spacial score (nSPS) is 14.3. The van der Waals surface area contributed by atoms with Crippen LogP contribution in [0.3, 0.4) is 0 Å². The topological polar surface area (TPSA) is 55.8 Å². The van der Waals surface area contributed by atoms with Gasteiger partial charge in [-0.25, -0.2) is 4.90 Å². The van der Waals surface area contributed by atoms with Crippen LogP contribution in [0.15, 0.2) is 53.6 Å². The number of benzene rings is 2. The van der Waals surface area contributed by atoms with E-state index < -0.39 is 11.8 Å². The third-order valence-corrected chi connectivity index (χ3v) is 4.78. The van der Waals surface area contributed by atoms with Crippen LogP contribution < -0.4 is 14.4 Å². The molecule has 6 heteroatoms. The van der Waals surface area contributed by atoms with Crippen molar-refractivity contribution in [2.75, 3.05) is 18.1 Å². The number of carbonyl (C=O) groups is 2. The van der Waals surface area contributed by atoms with Gasteiger partial charge in [0.25, 0.3) is 11.8 Å². The highest BCUT2D eigenvalue weighted by atomic mass is 35.5. The number of imide groups is 1. The molecule has 0 saturated heterocycles. The number of nitrogens with zero attached hydrogens (tertiary/aromatic N) is 1. The van der Waals surface area contributed by atoms with Crippen LogP contribution in [0.2, 0.25) is 0 Å². The lowest BCUT2D eigenvalue weighted by Crippen LogP contribution is -2.31. The Morgan fingerprint density at radius 3 is 1.70 bits per heavy atom. The van der Waals surface area contributed by atoms with Crippen LogP contribution in [0, 0.1) is 11.8 Å². The summed E-state index contributed by atoms with van der Waals surface area (Å²) >= 11 is 6.27. The fourth-order valence-corrected chi connectivity index (χ4v) is 3.20. The van der Waals surface area contributed by atoms with E-state index in [1.807, 2.05) is 0 Å². The summed E-state index contributed by atoms with van der Waals surface area (Å²) in [7, 11) is 0. The number of anilines is 1. The van der Waals surface area contributed by atoms with Crippen LogP contribution in [-0.4, -0.2) is 25.0 Å². The zero-order valence-corrected chi connectivity index (χ0v) is 18.4. The van der Waals surface area contributed by atoms with E-state index in [0.29, 0.717) is 47.8 Å². The van der Waals surface area contributed by atoms with Crippen molar-refractivity contribution in [1.29, 1.82) is 0 Å². The first-order valence-electron chi connectivity index (χ1n) is 10.0. The van der Waals surface area contributed by atoms with Crippen molar-refractivity contribution in [2.45, 2.75) is 27.7 Å². The van der Waals surface area contributed by atoms with E-state index >= 15 is 0 Å². The molecular weight excluding hydrogens is 402 g/mol. The summed E-state index contributed by atoms with van der Waals surface area (Å²) < 4.78 is 11.3. The number of amides is 2. The molecule has 0 radical (unpaired) electrons. The highest BCUT2D eigenvalue weighted by molar-refractivity contribution is 6.60. The van der Waals surface area contributed by atoms with Crippen molar-refractivity contribution in [1.82, 2.24) is 0 Å². The molecule has 0 saturated carbocycles. The van der Waals surface area contributed by atoms with Crippen molar-refractivity contribution >= 4 is 34.7 Å². The fraction of sp³-hybridized carbons (Fsp3) is 0.333. The molecule has 0 bridgehead atoms. The Balaban J connectivity index is 1.77. The van der Waals surface area contributed by atoms with Gasteiger partial charge in [0.15, 0.2) is 0 Å². The second-order valence-electron chi connectivity index (χ2n) is 8.06. The molecule has 0 aliphatic carbocycles. The third-order valence-electron chi connectivity index (χ3n) is 4.43. The van der Waals surface area contributed by atoms with Crippen LogP contribution in [0.4, 0.5) is 5.69 Å². The minimum absolute atomic E-state index is 0.0871. The average molecular weight is 428 g/mol. The second kappa shape index (κ2) is 9.35. The first-order valence-corrected chi connectivity index (χ1v) is 10.4. The SMILES string of the molecule is CC(C)COc1ccc(C2=C(Cl)C(=O)N(c3ccc(OCC(C)C)cc3)C2=O)cc1. The largest absolute Gasteiger partial charge is 0.493 e. The molecule has 3 rings (SSSR count). The van der Waals surface area contributed by atoms with Gasteiger partial charge in [-0.3, -0.25) is 9.59 Å². The number of halogens is 1. The Kier molecular flexibility index (Phi) is 6.83. The van der Waals surface area contributed by atoms with Crippen molar-refractivity contribution < 1.29 is 19.1 Å². The van der Waals surface area contributed by atoms with E-state index in [-0.39, 0.29) is 10.6 Å². The molecular formula is C24H26ClNO4. The van der Waals surface area contributed by atoms with E-state index in [4.69, 9.17) is 21.1 Å². The van der Waals surface area contributed by atoms with Gasteiger partial charge in [-0.1, -0.05) is 51.4 Å². The highest BCUT2D eigenvalue weighted by Crippen LogP contribution is 2.35. The molecule has 1 aliphatic heterocycles. The van der Waals surface area contributed by atoms with Crippen molar-refractivity contribution in [3.8, 4) is 11.5 Å². The molecule has 0 atom stereocenters. The monoisotopic (exact) mass is 427 g/mol. The minimum Gasteiger partial charge on any atom is -0.493 e. The molecule has 0 aromatic heterocycles. The van der Waals surface area contributed by atoms with Crippen LogP contribution >= 0.6 is 11.6 Å². The van der Waals surface area contributed by atoms with Gasteiger partial charge in [0, 0.05) is 0 Å². The van der Waals surface area contributed by atoms with E-state index in [9.17, 15) is 9.59 Å². The Morgan fingerprint density at radius 2 is 1.23 bits per heavy atom. The van der Waals surface area contributed by atoms with E-state index in [2.05, 4.69) is 27.7 Å². The molecule has 1 heterocycles. The van der Waals surface area contributed by atoms with Crippen LogP contribution in [0.5, 0.6) is 11.5 Å². The molecule has 158 valence electrons. The molecule has 2 aromatic carbocycles. The first kappa shape index (κ1) is 21.9. The number of ether oxygens (including phenoxy) is 2. The molecule has 0 spiro atoms. The molecule has 5 nitrogen and oxygen atoms in total. The summed E-state index contributed by atoms with van der Waals surface area (Å²) in [6.45, 7) is 9.46. The number of hydrogen-bond acceptors (Lipinski definition) is 4. The van der Waals surface area contributed by atoms with E-state index in [0.717, 1.165) is 4.90 Å².